The van der Waals surface area contributed by atoms with Crippen LogP contribution in [0.1, 0.15) is 13.3 Å². The van der Waals surface area contributed by atoms with Gasteiger partial charge in [-0.15, -0.1) is 0 Å². The van der Waals surface area contributed by atoms with Crippen molar-refractivity contribution in [2.24, 2.45) is 0 Å². The zero-order chi connectivity index (χ0) is 15.2. The normalized spacial score (nSPS) is 23.4. The molecule has 4 amide bonds. The molecule has 1 unspecified atom stereocenters. The number of hydrogen-bond acceptors (Lipinski definition) is 4. The molecule has 2 rings (SSSR count). The van der Waals surface area contributed by atoms with Gasteiger partial charge < -0.3 is 15.0 Å². The van der Waals surface area contributed by atoms with Gasteiger partial charge in [0.25, 0.3) is 11.8 Å². The fraction of sp³-hybridized carbons (Fsp3) is 0.500. The van der Waals surface area contributed by atoms with Crippen molar-refractivity contribution in [2.45, 2.75) is 19.4 Å². The summed E-state index contributed by atoms with van der Waals surface area (Å²) in [5.74, 6) is -0.386. The second-order valence-electron chi connectivity index (χ2n) is 4.80. The van der Waals surface area contributed by atoms with Crippen molar-refractivity contribution in [2.75, 3.05) is 26.3 Å². The summed E-state index contributed by atoms with van der Waals surface area (Å²) in [5, 5.41) is 4.67. The van der Waals surface area contributed by atoms with Crippen LogP contribution in [0.25, 0.3) is 0 Å². The molecule has 0 spiro atoms. The van der Waals surface area contributed by atoms with Gasteiger partial charge in [0.1, 0.15) is 6.04 Å². The molecular formula is C14H19N3O4. The van der Waals surface area contributed by atoms with Gasteiger partial charge in [0.15, 0.2) is 0 Å². The Balaban J connectivity index is 1.89. The number of ether oxygens (including phenoxy) is 1. The van der Waals surface area contributed by atoms with Crippen molar-refractivity contribution in [1.29, 1.82) is 0 Å². The standard InChI is InChI=1S/C14H19N3O4/c1-2-10(13(19)17-6-8-21-9-7-17)4-3-5-11-12(18)16-14(20)15-11/h2-4,11H,5-9H2,1H3,(H2,15,16,18,20)/b4-3-,10-2+. The summed E-state index contributed by atoms with van der Waals surface area (Å²) in [6.45, 7) is 4.08. The average Bonchev–Trinajstić information content (AvgIpc) is 2.82. The van der Waals surface area contributed by atoms with Crippen LogP contribution in [0.15, 0.2) is 23.8 Å². The van der Waals surface area contributed by atoms with E-state index >= 15 is 0 Å². The summed E-state index contributed by atoms with van der Waals surface area (Å²) >= 11 is 0. The van der Waals surface area contributed by atoms with Gasteiger partial charge in [0, 0.05) is 18.7 Å². The van der Waals surface area contributed by atoms with Crippen LogP contribution in [-0.4, -0.2) is 55.1 Å². The first-order chi connectivity index (χ1) is 10.1. The number of amides is 4. The van der Waals surface area contributed by atoms with E-state index in [-0.39, 0.29) is 11.8 Å². The monoisotopic (exact) mass is 293 g/mol. The van der Waals surface area contributed by atoms with E-state index in [4.69, 9.17) is 4.74 Å². The van der Waals surface area contributed by atoms with Crippen LogP contribution in [0.2, 0.25) is 0 Å². The molecule has 2 fully saturated rings. The van der Waals surface area contributed by atoms with E-state index in [1.807, 2.05) is 0 Å². The average molecular weight is 293 g/mol. The van der Waals surface area contributed by atoms with Crippen LogP contribution in [0.4, 0.5) is 4.79 Å². The Hall–Kier alpha value is -2.15. The zero-order valence-electron chi connectivity index (χ0n) is 11.9. The molecule has 0 radical (unpaired) electrons. The molecule has 7 nitrogen and oxygen atoms in total. The third-order valence-corrected chi connectivity index (χ3v) is 3.38. The summed E-state index contributed by atoms with van der Waals surface area (Å²) in [7, 11) is 0. The highest BCUT2D eigenvalue weighted by Gasteiger charge is 2.28. The van der Waals surface area contributed by atoms with Crippen molar-refractivity contribution in [3.05, 3.63) is 23.8 Å². The zero-order valence-corrected chi connectivity index (χ0v) is 11.9. The van der Waals surface area contributed by atoms with Crippen molar-refractivity contribution in [3.8, 4) is 0 Å². The van der Waals surface area contributed by atoms with Crippen LogP contribution >= 0.6 is 0 Å². The molecule has 0 saturated carbocycles. The van der Waals surface area contributed by atoms with E-state index < -0.39 is 12.1 Å². The van der Waals surface area contributed by atoms with Gasteiger partial charge in [-0.05, 0) is 13.3 Å². The van der Waals surface area contributed by atoms with Gasteiger partial charge >= 0.3 is 6.03 Å². The third-order valence-electron chi connectivity index (χ3n) is 3.38. The Morgan fingerprint density at radius 3 is 2.67 bits per heavy atom. The number of carbonyl (C=O) groups excluding carboxylic acids is 3. The summed E-state index contributed by atoms with van der Waals surface area (Å²) in [6, 6.07) is -1.04. The van der Waals surface area contributed by atoms with Gasteiger partial charge in [-0.1, -0.05) is 18.2 Å². The second kappa shape index (κ2) is 7.03. The predicted molar refractivity (Wildman–Crippen MR) is 75.4 cm³/mol. The molecule has 2 aliphatic heterocycles. The molecule has 0 aromatic rings. The lowest BCUT2D eigenvalue weighted by atomic mass is 10.1. The topological polar surface area (TPSA) is 87.7 Å². The molecule has 2 heterocycles. The van der Waals surface area contributed by atoms with Crippen LogP contribution in [0.5, 0.6) is 0 Å². The Labute approximate surface area is 123 Å². The number of rotatable bonds is 4. The maximum Gasteiger partial charge on any atom is 0.322 e. The number of morpholine rings is 1. The van der Waals surface area contributed by atoms with Crippen molar-refractivity contribution < 1.29 is 19.1 Å². The smallest absolute Gasteiger partial charge is 0.322 e. The number of hydrogen-bond donors (Lipinski definition) is 2. The van der Waals surface area contributed by atoms with Gasteiger partial charge in [0.2, 0.25) is 0 Å². The lowest BCUT2D eigenvalue weighted by Gasteiger charge is -2.27. The Bertz CT molecular complexity index is 492. The summed E-state index contributed by atoms with van der Waals surface area (Å²) in [4.78, 5) is 36.4. The molecule has 2 saturated heterocycles. The SMILES string of the molecule is C/C=C(\C=C/CC1NC(=O)NC1=O)C(=O)N1CCOCC1. The van der Waals surface area contributed by atoms with Crippen molar-refractivity contribution in [1.82, 2.24) is 15.5 Å². The molecular weight excluding hydrogens is 274 g/mol. The quantitative estimate of drug-likeness (QED) is 0.432. The summed E-state index contributed by atoms with van der Waals surface area (Å²) in [6.07, 6.45) is 5.51. The largest absolute Gasteiger partial charge is 0.378 e. The molecule has 0 aromatic carbocycles. The Kier molecular flexibility index (Phi) is 5.10. The Morgan fingerprint density at radius 1 is 1.38 bits per heavy atom. The van der Waals surface area contributed by atoms with E-state index in [1.54, 1.807) is 30.1 Å². The molecule has 7 heteroatoms. The Morgan fingerprint density at radius 2 is 2.10 bits per heavy atom. The number of carbonyl (C=O) groups is 3. The van der Waals surface area contributed by atoms with Crippen LogP contribution < -0.4 is 10.6 Å². The number of imide groups is 1. The number of allylic oxidation sites excluding steroid dienone is 1. The predicted octanol–water partition coefficient (Wildman–Crippen LogP) is -0.0542. The van der Waals surface area contributed by atoms with E-state index in [0.717, 1.165) is 0 Å². The molecule has 2 aliphatic rings. The van der Waals surface area contributed by atoms with Crippen LogP contribution in [0, 0.1) is 0 Å². The number of urea groups is 1. The summed E-state index contributed by atoms with van der Waals surface area (Å²) in [5.41, 5.74) is 0.571. The minimum Gasteiger partial charge on any atom is -0.378 e. The molecule has 21 heavy (non-hydrogen) atoms. The van der Waals surface area contributed by atoms with E-state index in [0.29, 0.717) is 38.3 Å². The maximum absolute atomic E-state index is 12.3. The summed E-state index contributed by atoms with van der Waals surface area (Å²) < 4.78 is 5.22. The maximum atomic E-state index is 12.3. The van der Waals surface area contributed by atoms with Gasteiger partial charge in [-0.3, -0.25) is 14.9 Å². The van der Waals surface area contributed by atoms with Crippen LogP contribution in [0.3, 0.4) is 0 Å². The molecule has 0 aromatic heterocycles. The first kappa shape index (κ1) is 15.2. The third kappa shape index (κ3) is 3.91. The molecule has 1 atom stereocenters. The fourth-order valence-corrected chi connectivity index (χ4v) is 2.20. The second-order valence-corrected chi connectivity index (χ2v) is 4.80. The van der Waals surface area contributed by atoms with Gasteiger partial charge in [-0.25, -0.2) is 4.79 Å². The van der Waals surface area contributed by atoms with Crippen LogP contribution in [-0.2, 0) is 14.3 Å². The minimum atomic E-state index is -0.564. The molecule has 0 aliphatic carbocycles. The molecule has 2 N–H and O–H groups in total. The van der Waals surface area contributed by atoms with Gasteiger partial charge in [0.05, 0.1) is 13.2 Å². The fourth-order valence-electron chi connectivity index (χ4n) is 2.20. The van der Waals surface area contributed by atoms with E-state index in [1.165, 1.54) is 0 Å². The number of nitrogens with zero attached hydrogens (tertiary/aromatic N) is 1. The highest BCUT2D eigenvalue weighted by molar-refractivity contribution is 6.04. The highest BCUT2D eigenvalue weighted by atomic mass is 16.5. The highest BCUT2D eigenvalue weighted by Crippen LogP contribution is 2.08. The van der Waals surface area contributed by atoms with E-state index in [2.05, 4.69) is 10.6 Å². The van der Waals surface area contributed by atoms with Gasteiger partial charge in [-0.2, -0.15) is 0 Å². The van der Waals surface area contributed by atoms with Crippen molar-refractivity contribution in [3.63, 3.8) is 0 Å². The first-order valence-electron chi connectivity index (χ1n) is 6.93. The molecule has 114 valence electrons. The first-order valence-corrected chi connectivity index (χ1v) is 6.93. The molecule has 0 bridgehead atoms. The lowest BCUT2D eigenvalue weighted by molar-refractivity contribution is -0.130. The lowest BCUT2D eigenvalue weighted by Crippen LogP contribution is -2.41. The number of nitrogens with one attached hydrogen (secondary N) is 2. The minimum absolute atomic E-state index is 0.0445. The van der Waals surface area contributed by atoms with Crippen molar-refractivity contribution >= 4 is 17.8 Å². The van der Waals surface area contributed by atoms with E-state index in [9.17, 15) is 14.4 Å².